The van der Waals surface area contributed by atoms with Crippen molar-refractivity contribution in [2.75, 3.05) is 26.8 Å². The van der Waals surface area contributed by atoms with Crippen molar-refractivity contribution in [1.29, 1.82) is 0 Å². The molecule has 24 heavy (non-hydrogen) atoms. The van der Waals surface area contributed by atoms with Crippen molar-refractivity contribution in [3.8, 4) is 0 Å². The number of alkyl halides is 3. The number of halogens is 4. The van der Waals surface area contributed by atoms with Crippen LogP contribution in [0.5, 0.6) is 0 Å². The van der Waals surface area contributed by atoms with Crippen LogP contribution in [0.25, 0.3) is 0 Å². The summed E-state index contributed by atoms with van der Waals surface area (Å²) >= 11 is 5.75. The lowest BCUT2D eigenvalue weighted by atomic mass is 9.99. The molecule has 5 nitrogen and oxygen atoms in total. The van der Waals surface area contributed by atoms with Gasteiger partial charge in [0.2, 0.25) is 10.0 Å². The van der Waals surface area contributed by atoms with Gasteiger partial charge in [0.15, 0.2) is 0 Å². The second kappa shape index (κ2) is 7.17. The van der Waals surface area contributed by atoms with Gasteiger partial charge in [-0.2, -0.15) is 13.2 Å². The normalized spacial score (nSPS) is 22.0. The number of methoxy groups -OCH3 is 1. The zero-order valence-corrected chi connectivity index (χ0v) is 14.5. The molecule has 1 saturated heterocycles. The summed E-state index contributed by atoms with van der Waals surface area (Å²) in [5, 5.41) is 2.67. The van der Waals surface area contributed by atoms with Gasteiger partial charge < -0.3 is 10.1 Å². The smallest absolute Gasteiger partial charge is 0.383 e. The summed E-state index contributed by atoms with van der Waals surface area (Å²) in [6.07, 6.45) is -3.35. The second-order valence-electron chi connectivity index (χ2n) is 5.68. The van der Waals surface area contributed by atoms with E-state index in [4.69, 9.17) is 16.3 Å². The Bertz CT molecular complexity index is 689. The molecule has 0 radical (unpaired) electrons. The predicted octanol–water partition coefficient (Wildman–Crippen LogP) is 2.41. The summed E-state index contributed by atoms with van der Waals surface area (Å²) in [5.74, 6) is 0. The SMILES string of the molecule is COCC1(CNS(=O)(=O)c2c(Cl)cccc2C(F)(F)F)CCCN1. The van der Waals surface area contributed by atoms with Gasteiger partial charge in [-0.05, 0) is 31.5 Å². The van der Waals surface area contributed by atoms with Crippen LogP contribution in [-0.2, 0) is 20.9 Å². The van der Waals surface area contributed by atoms with Crippen molar-refractivity contribution in [3.05, 3.63) is 28.8 Å². The highest BCUT2D eigenvalue weighted by Crippen LogP contribution is 2.37. The summed E-state index contributed by atoms with van der Waals surface area (Å²) in [6, 6.07) is 2.87. The number of hydrogen-bond acceptors (Lipinski definition) is 4. The fraction of sp³-hybridized carbons (Fsp3) is 0.571. The molecule has 1 aliphatic heterocycles. The molecule has 10 heteroatoms. The minimum absolute atomic E-state index is 0.0916. The Morgan fingerprint density at radius 2 is 2.12 bits per heavy atom. The number of benzene rings is 1. The van der Waals surface area contributed by atoms with Gasteiger partial charge in [-0.15, -0.1) is 0 Å². The van der Waals surface area contributed by atoms with Crippen LogP contribution in [0.3, 0.4) is 0 Å². The Labute approximate surface area is 143 Å². The monoisotopic (exact) mass is 386 g/mol. The first-order valence-electron chi connectivity index (χ1n) is 7.21. The molecule has 0 spiro atoms. The van der Waals surface area contributed by atoms with Gasteiger partial charge in [0.05, 0.1) is 22.7 Å². The van der Waals surface area contributed by atoms with E-state index in [-0.39, 0.29) is 13.2 Å². The maximum absolute atomic E-state index is 13.1. The number of sulfonamides is 1. The van der Waals surface area contributed by atoms with E-state index in [0.717, 1.165) is 18.6 Å². The van der Waals surface area contributed by atoms with Crippen molar-refractivity contribution in [3.63, 3.8) is 0 Å². The van der Waals surface area contributed by atoms with Gasteiger partial charge in [0.25, 0.3) is 0 Å². The molecule has 0 saturated carbocycles. The topological polar surface area (TPSA) is 67.4 Å². The first kappa shape index (κ1) is 19.5. The third-order valence-electron chi connectivity index (χ3n) is 3.89. The van der Waals surface area contributed by atoms with Crippen molar-refractivity contribution >= 4 is 21.6 Å². The van der Waals surface area contributed by atoms with Gasteiger partial charge in [0.1, 0.15) is 4.90 Å². The summed E-state index contributed by atoms with van der Waals surface area (Å²) < 4.78 is 71.6. The average molecular weight is 387 g/mol. The van der Waals surface area contributed by atoms with E-state index < -0.39 is 37.2 Å². The fourth-order valence-electron chi connectivity index (χ4n) is 2.78. The van der Waals surface area contributed by atoms with Gasteiger partial charge in [-0.1, -0.05) is 17.7 Å². The predicted molar refractivity (Wildman–Crippen MR) is 83.5 cm³/mol. The lowest BCUT2D eigenvalue weighted by Crippen LogP contribution is -2.53. The van der Waals surface area contributed by atoms with Crippen molar-refractivity contribution in [2.45, 2.75) is 29.5 Å². The van der Waals surface area contributed by atoms with Crippen LogP contribution in [0.2, 0.25) is 5.02 Å². The number of hydrogen-bond donors (Lipinski definition) is 2. The molecular formula is C14H18ClF3N2O3S. The molecule has 1 atom stereocenters. The van der Waals surface area contributed by atoms with E-state index in [2.05, 4.69) is 10.0 Å². The highest BCUT2D eigenvalue weighted by atomic mass is 35.5. The van der Waals surface area contributed by atoms with Crippen molar-refractivity contribution < 1.29 is 26.3 Å². The molecule has 1 heterocycles. The third kappa shape index (κ3) is 4.20. The fourth-order valence-corrected chi connectivity index (χ4v) is 4.67. The van der Waals surface area contributed by atoms with E-state index in [9.17, 15) is 21.6 Å². The maximum Gasteiger partial charge on any atom is 0.417 e. The number of ether oxygens (including phenoxy) is 1. The van der Waals surface area contributed by atoms with E-state index in [1.807, 2.05) is 0 Å². The van der Waals surface area contributed by atoms with E-state index in [1.54, 1.807) is 0 Å². The van der Waals surface area contributed by atoms with E-state index >= 15 is 0 Å². The molecule has 2 N–H and O–H groups in total. The van der Waals surface area contributed by atoms with Crippen LogP contribution >= 0.6 is 11.6 Å². The van der Waals surface area contributed by atoms with Crippen LogP contribution in [0.15, 0.2) is 23.1 Å². The molecule has 0 aromatic heterocycles. The Hall–Kier alpha value is -0.870. The van der Waals surface area contributed by atoms with Crippen molar-refractivity contribution in [2.24, 2.45) is 0 Å². The zero-order valence-electron chi connectivity index (χ0n) is 12.9. The summed E-state index contributed by atoms with van der Waals surface area (Å²) in [6.45, 7) is 0.834. The molecule has 2 rings (SSSR count). The van der Waals surface area contributed by atoms with E-state index in [0.29, 0.717) is 19.0 Å². The Balaban J connectivity index is 2.31. The van der Waals surface area contributed by atoms with Crippen LogP contribution in [0, 0.1) is 0 Å². The zero-order chi connectivity index (χ0) is 18.0. The largest absolute Gasteiger partial charge is 0.417 e. The Kier molecular flexibility index (Phi) is 5.81. The van der Waals surface area contributed by atoms with Crippen LogP contribution < -0.4 is 10.0 Å². The van der Waals surface area contributed by atoms with E-state index in [1.165, 1.54) is 7.11 Å². The summed E-state index contributed by atoms with van der Waals surface area (Å²) in [5.41, 5.74) is -1.93. The van der Waals surface area contributed by atoms with Gasteiger partial charge in [-0.3, -0.25) is 0 Å². The molecule has 1 aromatic rings. The first-order valence-corrected chi connectivity index (χ1v) is 9.07. The Morgan fingerprint density at radius 1 is 1.42 bits per heavy atom. The first-order chi connectivity index (χ1) is 11.1. The molecular weight excluding hydrogens is 369 g/mol. The third-order valence-corrected chi connectivity index (χ3v) is 5.82. The second-order valence-corrected chi connectivity index (χ2v) is 7.79. The summed E-state index contributed by atoms with van der Waals surface area (Å²) in [4.78, 5) is -0.954. The molecule has 1 aliphatic rings. The standard InChI is InChI=1S/C14H18ClF3N2O3S/c1-23-9-13(6-3-7-19-13)8-20-24(21,22)12-10(14(16,17)18)4-2-5-11(12)15/h2,4-5,19-20H,3,6-9H2,1H3. The van der Waals surface area contributed by atoms with Gasteiger partial charge >= 0.3 is 6.18 Å². The molecule has 0 aliphatic carbocycles. The highest BCUT2D eigenvalue weighted by Gasteiger charge is 2.40. The molecule has 136 valence electrons. The maximum atomic E-state index is 13.1. The molecule has 0 bridgehead atoms. The van der Waals surface area contributed by atoms with Crippen LogP contribution in [-0.4, -0.2) is 40.8 Å². The quantitative estimate of drug-likeness (QED) is 0.788. The van der Waals surface area contributed by atoms with Gasteiger partial charge in [-0.25, -0.2) is 13.1 Å². The van der Waals surface area contributed by atoms with Crippen molar-refractivity contribution in [1.82, 2.24) is 10.0 Å². The van der Waals surface area contributed by atoms with Crippen LogP contribution in [0.1, 0.15) is 18.4 Å². The van der Waals surface area contributed by atoms with Gasteiger partial charge in [0, 0.05) is 13.7 Å². The molecule has 1 unspecified atom stereocenters. The number of nitrogens with one attached hydrogen (secondary N) is 2. The molecule has 1 fully saturated rings. The highest BCUT2D eigenvalue weighted by molar-refractivity contribution is 7.89. The Morgan fingerprint density at radius 3 is 2.67 bits per heavy atom. The molecule has 0 amide bonds. The minimum atomic E-state index is -4.83. The lowest BCUT2D eigenvalue weighted by molar-refractivity contribution is -0.139. The number of rotatable bonds is 6. The average Bonchev–Trinajstić information content (AvgIpc) is 2.93. The summed E-state index contributed by atoms with van der Waals surface area (Å²) in [7, 11) is -2.97. The lowest BCUT2D eigenvalue weighted by Gasteiger charge is -2.29. The van der Waals surface area contributed by atoms with Crippen LogP contribution in [0.4, 0.5) is 13.2 Å². The minimum Gasteiger partial charge on any atom is -0.383 e. The molecule has 1 aromatic carbocycles.